The molecule has 108 valence electrons. The molecule has 0 bridgehead atoms. The van der Waals surface area contributed by atoms with E-state index in [0.717, 1.165) is 27.9 Å². The van der Waals surface area contributed by atoms with E-state index in [4.69, 9.17) is 16.0 Å². The number of hydrogen-bond donors (Lipinski definition) is 1. The van der Waals surface area contributed by atoms with Crippen molar-refractivity contribution in [1.82, 2.24) is 0 Å². The van der Waals surface area contributed by atoms with Crippen molar-refractivity contribution in [3.63, 3.8) is 0 Å². The Morgan fingerprint density at radius 3 is 2.57 bits per heavy atom. The largest absolute Gasteiger partial charge is 0.444 e. The van der Waals surface area contributed by atoms with Gasteiger partial charge >= 0.3 is 0 Å². The Morgan fingerprint density at radius 1 is 1.05 bits per heavy atom. The standard InChI is InChI=1S/C17H17ClN2O/c1-20(2)15-9-5-4-8-14(15)19-11-13-12-7-3-6-10-16(12)21-17(13)18/h3-10,19H,11H2,1-2H3. The summed E-state index contributed by atoms with van der Waals surface area (Å²) in [6.07, 6.45) is 0. The third kappa shape index (κ3) is 2.69. The van der Waals surface area contributed by atoms with E-state index in [2.05, 4.69) is 22.3 Å². The Morgan fingerprint density at radius 2 is 1.76 bits per heavy atom. The van der Waals surface area contributed by atoms with Gasteiger partial charge in [-0.05, 0) is 29.8 Å². The summed E-state index contributed by atoms with van der Waals surface area (Å²) in [6.45, 7) is 0.626. The molecule has 0 amide bonds. The quantitative estimate of drug-likeness (QED) is 0.752. The molecule has 0 saturated heterocycles. The lowest BCUT2D eigenvalue weighted by Crippen LogP contribution is -2.12. The van der Waals surface area contributed by atoms with E-state index < -0.39 is 0 Å². The molecule has 1 aromatic heterocycles. The monoisotopic (exact) mass is 300 g/mol. The molecule has 0 unspecified atom stereocenters. The normalized spacial score (nSPS) is 10.8. The molecule has 1 N–H and O–H groups in total. The fourth-order valence-corrected chi connectivity index (χ4v) is 2.68. The van der Waals surface area contributed by atoms with Gasteiger partial charge in [0.05, 0.1) is 11.4 Å². The van der Waals surface area contributed by atoms with E-state index in [-0.39, 0.29) is 0 Å². The Hall–Kier alpha value is -2.13. The highest BCUT2D eigenvalue weighted by Gasteiger charge is 2.12. The molecule has 3 aromatic rings. The molecule has 2 aromatic carbocycles. The van der Waals surface area contributed by atoms with Crippen LogP contribution in [-0.2, 0) is 6.54 Å². The predicted molar refractivity (Wildman–Crippen MR) is 89.3 cm³/mol. The molecule has 4 heteroatoms. The Bertz CT molecular complexity index is 764. The van der Waals surface area contributed by atoms with E-state index in [1.54, 1.807) is 0 Å². The summed E-state index contributed by atoms with van der Waals surface area (Å²) < 4.78 is 5.58. The fourth-order valence-electron chi connectivity index (χ4n) is 2.43. The zero-order valence-electron chi connectivity index (χ0n) is 12.1. The zero-order chi connectivity index (χ0) is 14.8. The summed E-state index contributed by atoms with van der Waals surface area (Å²) in [6, 6.07) is 16.1. The first-order valence-electron chi connectivity index (χ1n) is 6.83. The Labute approximate surface area is 129 Å². The minimum atomic E-state index is 0.450. The molecule has 0 radical (unpaired) electrons. The number of rotatable bonds is 4. The van der Waals surface area contributed by atoms with Gasteiger partial charge in [0, 0.05) is 31.6 Å². The van der Waals surface area contributed by atoms with Crippen LogP contribution in [0.15, 0.2) is 52.9 Å². The van der Waals surface area contributed by atoms with E-state index in [1.807, 2.05) is 50.5 Å². The van der Waals surface area contributed by atoms with E-state index >= 15 is 0 Å². The van der Waals surface area contributed by atoms with Gasteiger partial charge in [0.15, 0.2) is 5.22 Å². The van der Waals surface area contributed by atoms with Crippen LogP contribution >= 0.6 is 11.6 Å². The van der Waals surface area contributed by atoms with Crippen molar-refractivity contribution in [2.24, 2.45) is 0 Å². The Balaban J connectivity index is 1.89. The molecule has 0 atom stereocenters. The van der Waals surface area contributed by atoms with Crippen molar-refractivity contribution < 1.29 is 4.42 Å². The number of para-hydroxylation sites is 3. The van der Waals surface area contributed by atoms with Crippen LogP contribution in [0.4, 0.5) is 11.4 Å². The first-order chi connectivity index (χ1) is 10.2. The van der Waals surface area contributed by atoms with Crippen molar-refractivity contribution in [3.8, 4) is 0 Å². The highest BCUT2D eigenvalue weighted by atomic mass is 35.5. The number of benzene rings is 2. The van der Waals surface area contributed by atoms with Gasteiger partial charge in [-0.15, -0.1) is 0 Å². The van der Waals surface area contributed by atoms with Gasteiger partial charge in [0.2, 0.25) is 0 Å². The number of nitrogens with zero attached hydrogens (tertiary/aromatic N) is 1. The molecule has 0 saturated carbocycles. The number of fused-ring (bicyclic) bond motifs is 1. The maximum absolute atomic E-state index is 6.22. The van der Waals surface area contributed by atoms with Gasteiger partial charge in [-0.2, -0.15) is 0 Å². The maximum Gasteiger partial charge on any atom is 0.199 e. The summed E-state index contributed by atoms with van der Waals surface area (Å²) in [7, 11) is 4.06. The third-order valence-electron chi connectivity index (χ3n) is 3.49. The maximum atomic E-state index is 6.22. The third-order valence-corrected chi connectivity index (χ3v) is 3.80. The molecule has 1 heterocycles. The lowest BCUT2D eigenvalue weighted by Gasteiger charge is -2.18. The van der Waals surface area contributed by atoms with Crippen LogP contribution in [-0.4, -0.2) is 14.1 Å². The lowest BCUT2D eigenvalue weighted by molar-refractivity contribution is 0.613. The second-order valence-corrected chi connectivity index (χ2v) is 5.46. The van der Waals surface area contributed by atoms with Crippen LogP contribution in [0.2, 0.25) is 5.22 Å². The smallest absolute Gasteiger partial charge is 0.199 e. The van der Waals surface area contributed by atoms with Crippen LogP contribution in [0, 0.1) is 0 Å². The second-order valence-electron chi connectivity index (χ2n) is 5.12. The van der Waals surface area contributed by atoms with Crippen LogP contribution in [0.25, 0.3) is 11.0 Å². The molecule has 0 aliphatic heterocycles. The van der Waals surface area contributed by atoms with Crippen molar-refractivity contribution in [2.75, 3.05) is 24.3 Å². The number of halogens is 1. The van der Waals surface area contributed by atoms with Crippen molar-refractivity contribution >= 4 is 33.9 Å². The molecule has 0 aliphatic carbocycles. The first kappa shape index (κ1) is 13.8. The summed E-state index contributed by atoms with van der Waals surface area (Å²) in [4.78, 5) is 2.08. The molecule has 3 rings (SSSR count). The molecule has 3 nitrogen and oxygen atoms in total. The number of furan rings is 1. The van der Waals surface area contributed by atoms with Crippen molar-refractivity contribution in [3.05, 3.63) is 59.3 Å². The number of anilines is 2. The average molecular weight is 301 g/mol. The lowest BCUT2D eigenvalue weighted by atomic mass is 10.1. The van der Waals surface area contributed by atoms with Gasteiger partial charge < -0.3 is 14.6 Å². The van der Waals surface area contributed by atoms with Crippen LogP contribution in [0.5, 0.6) is 0 Å². The van der Waals surface area contributed by atoms with Crippen LogP contribution in [0.3, 0.4) is 0 Å². The SMILES string of the molecule is CN(C)c1ccccc1NCc1c(Cl)oc2ccccc12. The van der Waals surface area contributed by atoms with E-state index in [1.165, 1.54) is 0 Å². The highest BCUT2D eigenvalue weighted by Crippen LogP contribution is 2.31. The predicted octanol–water partition coefficient (Wildman–Crippen LogP) is 4.76. The summed E-state index contributed by atoms with van der Waals surface area (Å²) in [5.41, 5.74) is 4.02. The van der Waals surface area contributed by atoms with E-state index in [0.29, 0.717) is 11.8 Å². The van der Waals surface area contributed by atoms with Crippen LogP contribution in [0.1, 0.15) is 5.56 Å². The average Bonchev–Trinajstić information content (AvgIpc) is 2.81. The zero-order valence-corrected chi connectivity index (χ0v) is 12.8. The second kappa shape index (κ2) is 5.70. The van der Waals surface area contributed by atoms with Gasteiger partial charge in [0.25, 0.3) is 0 Å². The van der Waals surface area contributed by atoms with Gasteiger partial charge in [0.1, 0.15) is 5.58 Å². The summed E-state index contributed by atoms with van der Waals surface area (Å²) in [5, 5.41) is 4.95. The van der Waals surface area contributed by atoms with Crippen molar-refractivity contribution in [1.29, 1.82) is 0 Å². The molecule has 0 aliphatic rings. The number of hydrogen-bond acceptors (Lipinski definition) is 3. The van der Waals surface area contributed by atoms with Gasteiger partial charge in [-0.1, -0.05) is 30.3 Å². The number of nitrogens with one attached hydrogen (secondary N) is 1. The minimum absolute atomic E-state index is 0.450. The van der Waals surface area contributed by atoms with Gasteiger partial charge in [-0.25, -0.2) is 0 Å². The van der Waals surface area contributed by atoms with Crippen molar-refractivity contribution in [2.45, 2.75) is 6.54 Å². The molecular weight excluding hydrogens is 284 g/mol. The first-order valence-corrected chi connectivity index (χ1v) is 7.21. The molecule has 0 fully saturated rings. The minimum Gasteiger partial charge on any atom is -0.444 e. The molecule has 0 spiro atoms. The van der Waals surface area contributed by atoms with Crippen LogP contribution < -0.4 is 10.2 Å². The van der Waals surface area contributed by atoms with E-state index in [9.17, 15) is 0 Å². The summed E-state index contributed by atoms with van der Waals surface area (Å²) >= 11 is 6.22. The van der Waals surface area contributed by atoms with Gasteiger partial charge in [-0.3, -0.25) is 0 Å². The summed E-state index contributed by atoms with van der Waals surface area (Å²) in [5.74, 6) is 0. The Kier molecular flexibility index (Phi) is 3.76. The molecule has 21 heavy (non-hydrogen) atoms. The molecular formula is C17H17ClN2O. The topological polar surface area (TPSA) is 28.4 Å². The highest BCUT2D eigenvalue weighted by molar-refractivity contribution is 6.30. The fraction of sp³-hybridized carbons (Fsp3) is 0.176.